The summed E-state index contributed by atoms with van der Waals surface area (Å²) < 4.78 is 39.3. The molecule has 0 aromatic heterocycles. The second-order valence-corrected chi connectivity index (χ2v) is 6.01. The Kier molecular flexibility index (Phi) is 8.03. The maximum atomic E-state index is 12.4. The highest BCUT2D eigenvalue weighted by molar-refractivity contribution is 5.89. The highest BCUT2D eigenvalue weighted by atomic mass is 19.3. The summed E-state index contributed by atoms with van der Waals surface area (Å²) in [6.45, 7) is -1.32. The normalized spacial score (nSPS) is 14.5. The van der Waals surface area contributed by atoms with Gasteiger partial charge in [-0.15, -0.1) is 0 Å². The van der Waals surface area contributed by atoms with Crippen LogP contribution in [0.15, 0.2) is 24.3 Å². The van der Waals surface area contributed by atoms with E-state index in [2.05, 4.69) is 10.1 Å². The molecule has 1 fully saturated rings. The molecule has 1 aromatic rings. The van der Waals surface area contributed by atoms with Gasteiger partial charge in [0.1, 0.15) is 0 Å². The summed E-state index contributed by atoms with van der Waals surface area (Å²) in [7, 11) is 0. The Morgan fingerprint density at radius 2 is 2.00 bits per heavy atom. The molecule has 1 N–H and O–H groups in total. The van der Waals surface area contributed by atoms with E-state index in [1.807, 2.05) is 0 Å². The average Bonchev–Trinajstić information content (AvgIpc) is 3.13. The predicted octanol–water partition coefficient (Wildman–Crippen LogP) is 3.30. The fourth-order valence-corrected chi connectivity index (χ4v) is 2.78. The molecule has 0 bridgehead atoms. The van der Waals surface area contributed by atoms with Crippen LogP contribution in [0.3, 0.4) is 0 Å². The Morgan fingerprint density at radius 3 is 2.67 bits per heavy atom. The van der Waals surface area contributed by atoms with E-state index in [1.54, 1.807) is 6.92 Å². The van der Waals surface area contributed by atoms with Crippen molar-refractivity contribution in [2.75, 3.05) is 13.2 Å². The number of rotatable bonds is 9. The van der Waals surface area contributed by atoms with E-state index in [1.165, 1.54) is 24.3 Å². The van der Waals surface area contributed by atoms with Crippen LogP contribution in [0.1, 0.15) is 38.2 Å². The van der Waals surface area contributed by atoms with Crippen molar-refractivity contribution in [3.05, 3.63) is 29.8 Å². The molecule has 0 spiro atoms. The van der Waals surface area contributed by atoms with E-state index in [0.29, 0.717) is 5.56 Å². The van der Waals surface area contributed by atoms with Crippen LogP contribution >= 0.6 is 0 Å². The lowest BCUT2D eigenvalue weighted by atomic mass is 10.2. The van der Waals surface area contributed by atoms with Gasteiger partial charge in [-0.05, 0) is 43.5 Å². The highest BCUT2D eigenvalue weighted by Crippen LogP contribution is 2.30. The molecule has 0 heterocycles. The lowest BCUT2D eigenvalue weighted by molar-refractivity contribution is -0.144. The summed E-state index contributed by atoms with van der Waals surface area (Å²) >= 11 is 0. The van der Waals surface area contributed by atoms with Crippen molar-refractivity contribution in [1.29, 1.82) is 0 Å². The highest BCUT2D eigenvalue weighted by Gasteiger charge is 2.17. The Balaban J connectivity index is 1.86. The third-order valence-electron chi connectivity index (χ3n) is 3.96. The van der Waals surface area contributed by atoms with Gasteiger partial charge in [-0.3, -0.25) is 4.79 Å². The Morgan fingerprint density at radius 1 is 1.26 bits per heavy atom. The first kappa shape index (κ1) is 20.7. The molecule has 27 heavy (non-hydrogen) atoms. The quantitative estimate of drug-likeness (QED) is 0.523. The van der Waals surface area contributed by atoms with Gasteiger partial charge in [-0.1, -0.05) is 18.9 Å². The summed E-state index contributed by atoms with van der Waals surface area (Å²) in [5.41, 5.74) is 0.535. The largest absolute Gasteiger partial charge is 0.490 e. The topological polar surface area (TPSA) is 73.9 Å². The van der Waals surface area contributed by atoms with E-state index in [9.17, 15) is 18.4 Å². The number of carbonyl (C=O) groups excluding carboxylic acids is 2. The number of carbonyl (C=O) groups is 2. The van der Waals surface area contributed by atoms with E-state index >= 15 is 0 Å². The number of benzene rings is 1. The van der Waals surface area contributed by atoms with Gasteiger partial charge in [0.25, 0.3) is 5.91 Å². The number of alkyl halides is 2. The molecular formula is C19H23F2NO5. The molecule has 6 nitrogen and oxygen atoms in total. The summed E-state index contributed by atoms with van der Waals surface area (Å²) in [4.78, 5) is 23.5. The van der Waals surface area contributed by atoms with Gasteiger partial charge in [0.2, 0.25) is 0 Å². The van der Waals surface area contributed by atoms with Crippen LogP contribution in [0.5, 0.6) is 11.5 Å². The number of hydrogen-bond acceptors (Lipinski definition) is 5. The summed E-state index contributed by atoms with van der Waals surface area (Å²) in [6, 6.07) is 4.46. The van der Waals surface area contributed by atoms with Crippen molar-refractivity contribution in [3.8, 4) is 11.5 Å². The molecule has 0 unspecified atom stereocenters. The smallest absolute Gasteiger partial charge is 0.387 e. The minimum absolute atomic E-state index is 0.0878. The van der Waals surface area contributed by atoms with E-state index in [0.717, 1.165) is 31.8 Å². The first-order valence-corrected chi connectivity index (χ1v) is 8.83. The van der Waals surface area contributed by atoms with E-state index in [4.69, 9.17) is 9.47 Å². The SMILES string of the molecule is CCOc1cc(/C=C/C(=O)OCC(=O)NC2CCCC2)ccc1OC(F)F. The van der Waals surface area contributed by atoms with Gasteiger partial charge in [0.05, 0.1) is 6.61 Å². The van der Waals surface area contributed by atoms with Gasteiger partial charge in [0.15, 0.2) is 18.1 Å². The Bertz CT molecular complexity index is 672. The van der Waals surface area contributed by atoms with Crippen LogP contribution in [-0.4, -0.2) is 37.7 Å². The number of amides is 1. The number of ether oxygens (including phenoxy) is 3. The molecule has 1 aromatic carbocycles. The maximum Gasteiger partial charge on any atom is 0.387 e. The molecule has 8 heteroatoms. The molecular weight excluding hydrogens is 360 g/mol. The zero-order valence-electron chi connectivity index (χ0n) is 15.1. The fourth-order valence-electron chi connectivity index (χ4n) is 2.78. The molecule has 0 radical (unpaired) electrons. The molecule has 148 valence electrons. The minimum Gasteiger partial charge on any atom is -0.490 e. The lowest BCUT2D eigenvalue weighted by Gasteiger charge is -2.12. The van der Waals surface area contributed by atoms with Crippen molar-refractivity contribution in [3.63, 3.8) is 0 Å². The van der Waals surface area contributed by atoms with Gasteiger partial charge in [0, 0.05) is 12.1 Å². The molecule has 1 saturated carbocycles. The second-order valence-electron chi connectivity index (χ2n) is 6.01. The minimum atomic E-state index is -2.96. The zero-order chi connectivity index (χ0) is 19.6. The predicted molar refractivity (Wildman–Crippen MR) is 94.6 cm³/mol. The molecule has 1 aliphatic rings. The van der Waals surface area contributed by atoms with E-state index < -0.39 is 12.6 Å². The fraction of sp³-hybridized carbons (Fsp3) is 0.474. The van der Waals surface area contributed by atoms with Crippen molar-refractivity contribution in [2.45, 2.75) is 45.3 Å². The molecule has 1 amide bonds. The second kappa shape index (κ2) is 10.5. The van der Waals surface area contributed by atoms with Crippen LogP contribution < -0.4 is 14.8 Å². The molecule has 0 aliphatic heterocycles. The van der Waals surface area contributed by atoms with E-state index in [-0.39, 0.29) is 36.7 Å². The van der Waals surface area contributed by atoms with Crippen LogP contribution in [-0.2, 0) is 14.3 Å². The summed E-state index contributed by atoms with van der Waals surface area (Å²) in [5, 5.41) is 2.82. The number of hydrogen-bond donors (Lipinski definition) is 1. The van der Waals surface area contributed by atoms with Crippen LogP contribution in [0.4, 0.5) is 8.78 Å². The first-order valence-electron chi connectivity index (χ1n) is 8.83. The lowest BCUT2D eigenvalue weighted by Crippen LogP contribution is -2.35. The monoisotopic (exact) mass is 383 g/mol. The van der Waals surface area contributed by atoms with Gasteiger partial charge < -0.3 is 19.5 Å². The van der Waals surface area contributed by atoms with Gasteiger partial charge in [-0.25, -0.2) is 4.79 Å². The maximum absolute atomic E-state index is 12.4. The van der Waals surface area contributed by atoms with Crippen molar-refractivity contribution in [1.82, 2.24) is 5.32 Å². The molecule has 0 saturated heterocycles. The van der Waals surface area contributed by atoms with Crippen LogP contribution in [0.2, 0.25) is 0 Å². The third kappa shape index (κ3) is 7.24. The first-order chi connectivity index (χ1) is 13.0. The van der Waals surface area contributed by atoms with Crippen molar-refractivity contribution < 1.29 is 32.6 Å². The summed E-state index contributed by atoms with van der Waals surface area (Å²) in [5.74, 6) is -0.947. The standard InChI is InChI=1S/C19H23F2NO5/c1-2-25-16-11-13(7-9-15(16)27-19(20)21)8-10-18(24)26-12-17(23)22-14-5-3-4-6-14/h7-11,14,19H,2-6,12H2,1H3,(H,22,23)/b10-8+. The van der Waals surface area contributed by atoms with Crippen molar-refractivity contribution in [2.24, 2.45) is 0 Å². The number of nitrogens with one attached hydrogen (secondary N) is 1. The number of halogens is 2. The van der Waals surface area contributed by atoms with Crippen molar-refractivity contribution >= 4 is 18.0 Å². The number of esters is 1. The van der Waals surface area contributed by atoms with Gasteiger partial charge in [-0.2, -0.15) is 8.78 Å². The molecule has 1 aliphatic carbocycles. The average molecular weight is 383 g/mol. The molecule has 0 atom stereocenters. The Hall–Kier alpha value is -2.64. The van der Waals surface area contributed by atoms with Gasteiger partial charge >= 0.3 is 12.6 Å². The zero-order valence-corrected chi connectivity index (χ0v) is 15.1. The summed E-state index contributed by atoms with van der Waals surface area (Å²) in [6.07, 6.45) is 6.68. The molecule has 2 rings (SSSR count). The third-order valence-corrected chi connectivity index (χ3v) is 3.96. The van der Waals surface area contributed by atoms with Crippen LogP contribution in [0, 0.1) is 0 Å². The van der Waals surface area contributed by atoms with Crippen LogP contribution in [0.25, 0.3) is 6.08 Å². The Labute approximate surface area is 156 Å².